The number of halogens is 1. The third-order valence-corrected chi connectivity index (χ3v) is 5.43. The fourth-order valence-corrected chi connectivity index (χ4v) is 4.42. The minimum absolute atomic E-state index is 0.0575. The normalized spacial score (nSPS) is 12.0. The SMILES string of the molecule is COc1cc(/C=N/NC(=O)COc2ccc(C(C)(C)CC(C)(C)C)cc2)cc(Br)c1OC. The van der Waals surface area contributed by atoms with Crippen molar-refractivity contribution in [1.29, 1.82) is 0 Å². The van der Waals surface area contributed by atoms with Crippen molar-refractivity contribution >= 4 is 28.1 Å². The predicted molar refractivity (Wildman–Crippen MR) is 132 cm³/mol. The van der Waals surface area contributed by atoms with E-state index in [0.29, 0.717) is 17.2 Å². The Bertz CT molecular complexity index is 948. The second-order valence-electron chi connectivity index (χ2n) is 9.47. The summed E-state index contributed by atoms with van der Waals surface area (Å²) >= 11 is 3.43. The summed E-state index contributed by atoms with van der Waals surface area (Å²) in [5, 5.41) is 3.98. The van der Waals surface area contributed by atoms with Gasteiger partial charge in [0.2, 0.25) is 0 Å². The first kappa shape index (κ1) is 25.7. The quantitative estimate of drug-likeness (QED) is 0.350. The molecule has 0 unspecified atom stereocenters. The van der Waals surface area contributed by atoms with Crippen LogP contribution in [0.1, 0.15) is 52.2 Å². The van der Waals surface area contributed by atoms with Crippen LogP contribution in [-0.2, 0) is 10.2 Å². The zero-order chi connectivity index (χ0) is 23.9. The Labute approximate surface area is 199 Å². The standard InChI is InChI=1S/C25H33BrN2O4/c1-24(2,3)16-25(4,5)18-8-10-19(11-9-18)32-15-22(29)28-27-14-17-12-20(26)23(31-7)21(13-17)30-6/h8-14H,15-16H2,1-7H3,(H,28,29)/b27-14+. The lowest BCUT2D eigenvalue weighted by molar-refractivity contribution is -0.123. The summed E-state index contributed by atoms with van der Waals surface area (Å²) in [6, 6.07) is 11.5. The summed E-state index contributed by atoms with van der Waals surface area (Å²) in [5.41, 5.74) is 4.75. The van der Waals surface area contributed by atoms with Gasteiger partial charge in [0.15, 0.2) is 18.1 Å². The number of benzene rings is 2. The van der Waals surface area contributed by atoms with Crippen LogP contribution in [0.15, 0.2) is 46.0 Å². The lowest BCUT2D eigenvalue weighted by Gasteiger charge is -2.33. The van der Waals surface area contributed by atoms with Gasteiger partial charge in [-0.15, -0.1) is 0 Å². The summed E-state index contributed by atoms with van der Waals surface area (Å²) in [7, 11) is 3.12. The summed E-state index contributed by atoms with van der Waals surface area (Å²) in [4.78, 5) is 12.1. The molecule has 1 N–H and O–H groups in total. The Kier molecular flexibility index (Phi) is 8.73. The van der Waals surface area contributed by atoms with E-state index in [0.717, 1.165) is 16.5 Å². The molecule has 0 aliphatic heterocycles. The molecule has 0 bridgehead atoms. The van der Waals surface area contributed by atoms with Crippen LogP contribution < -0.4 is 19.6 Å². The van der Waals surface area contributed by atoms with Crippen LogP contribution in [0, 0.1) is 5.41 Å². The molecular formula is C25H33BrN2O4. The Morgan fingerprint density at radius 1 is 1.06 bits per heavy atom. The molecule has 0 saturated carbocycles. The smallest absolute Gasteiger partial charge is 0.277 e. The molecule has 0 aromatic heterocycles. The van der Waals surface area contributed by atoms with Crippen LogP contribution in [0.4, 0.5) is 0 Å². The molecule has 2 rings (SSSR count). The zero-order valence-corrected chi connectivity index (χ0v) is 21.5. The van der Waals surface area contributed by atoms with Gasteiger partial charge in [-0.2, -0.15) is 5.10 Å². The highest BCUT2D eigenvalue weighted by Gasteiger charge is 2.27. The van der Waals surface area contributed by atoms with Gasteiger partial charge in [-0.05, 0) is 68.6 Å². The summed E-state index contributed by atoms with van der Waals surface area (Å²) in [5.74, 6) is 1.45. The van der Waals surface area contributed by atoms with E-state index in [4.69, 9.17) is 14.2 Å². The molecule has 0 atom stereocenters. The van der Waals surface area contributed by atoms with Crippen LogP contribution in [0.25, 0.3) is 0 Å². The Balaban J connectivity index is 1.90. The highest BCUT2D eigenvalue weighted by molar-refractivity contribution is 9.10. The van der Waals surface area contributed by atoms with Gasteiger partial charge in [-0.25, -0.2) is 5.43 Å². The third-order valence-electron chi connectivity index (χ3n) is 4.84. The maximum atomic E-state index is 12.1. The molecule has 2 aromatic rings. The molecule has 0 aliphatic carbocycles. The van der Waals surface area contributed by atoms with Gasteiger partial charge < -0.3 is 14.2 Å². The van der Waals surface area contributed by atoms with Crippen molar-refractivity contribution in [2.75, 3.05) is 20.8 Å². The topological polar surface area (TPSA) is 69.2 Å². The van der Waals surface area contributed by atoms with Gasteiger partial charge in [0.05, 0.1) is 24.9 Å². The number of amides is 1. The summed E-state index contributed by atoms with van der Waals surface area (Å²) in [6.07, 6.45) is 2.59. The number of rotatable bonds is 9. The van der Waals surface area contributed by atoms with E-state index >= 15 is 0 Å². The van der Waals surface area contributed by atoms with E-state index in [1.165, 1.54) is 11.8 Å². The number of hydrazone groups is 1. The summed E-state index contributed by atoms with van der Waals surface area (Å²) in [6.45, 7) is 11.1. The molecule has 6 nitrogen and oxygen atoms in total. The van der Waals surface area contributed by atoms with Crippen molar-refractivity contribution in [1.82, 2.24) is 5.43 Å². The largest absolute Gasteiger partial charge is 0.493 e. The van der Waals surface area contributed by atoms with E-state index in [1.807, 2.05) is 18.2 Å². The van der Waals surface area contributed by atoms with E-state index in [2.05, 4.69) is 73.2 Å². The van der Waals surface area contributed by atoms with Crippen LogP contribution in [0.5, 0.6) is 17.2 Å². The van der Waals surface area contributed by atoms with Crippen molar-refractivity contribution in [3.05, 3.63) is 52.0 Å². The predicted octanol–water partition coefficient (Wildman–Crippen LogP) is 5.71. The second-order valence-corrected chi connectivity index (χ2v) is 10.3. The van der Waals surface area contributed by atoms with E-state index < -0.39 is 0 Å². The number of carbonyl (C=O) groups is 1. The fraction of sp³-hybridized carbons (Fsp3) is 0.440. The molecule has 0 spiro atoms. The van der Waals surface area contributed by atoms with Gasteiger partial charge in [-0.1, -0.05) is 46.8 Å². The minimum atomic E-state index is -0.349. The summed E-state index contributed by atoms with van der Waals surface area (Å²) < 4.78 is 16.9. The number of ether oxygens (including phenoxy) is 3. The lowest BCUT2D eigenvalue weighted by atomic mass is 9.72. The van der Waals surface area contributed by atoms with Gasteiger partial charge in [0.1, 0.15) is 5.75 Å². The molecule has 2 aromatic carbocycles. The number of nitrogens with zero attached hydrogens (tertiary/aromatic N) is 1. The zero-order valence-electron chi connectivity index (χ0n) is 19.9. The first-order valence-corrected chi connectivity index (χ1v) is 11.2. The van der Waals surface area contributed by atoms with Crippen molar-refractivity contribution in [3.8, 4) is 17.2 Å². The van der Waals surface area contributed by atoms with Crippen LogP contribution in [-0.4, -0.2) is 32.9 Å². The van der Waals surface area contributed by atoms with E-state index in [1.54, 1.807) is 20.3 Å². The van der Waals surface area contributed by atoms with E-state index in [9.17, 15) is 4.79 Å². The van der Waals surface area contributed by atoms with Crippen molar-refractivity contribution in [3.63, 3.8) is 0 Å². The van der Waals surface area contributed by atoms with E-state index in [-0.39, 0.29) is 23.3 Å². The molecule has 7 heteroatoms. The second kappa shape index (κ2) is 10.9. The van der Waals surface area contributed by atoms with Crippen LogP contribution in [0.2, 0.25) is 0 Å². The number of hydrogen-bond donors (Lipinski definition) is 1. The number of methoxy groups -OCH3 is 2. The van der Waals surface area contributed by atoms with Gasteiger partial charge in [0, 0.05) is 0 Å². The first-order valence-electron chi connectivity index (χ1n) is 10.4. The van der Waals surface area contributed by atoms with Gasteiger partial charge in [0.25, 0.3) is 5.91 Å². The molecular weight excluding hydrogens is 472 g/mol. The van der Waals surface area contributed by atoms with Crippen LogP contribution >= 0.6 is 15.9 Å². The Hall–Kier alpha value is -2.54. The minimum Gasteiger partial charge on any atom is -0.493 e. The highest BCUT2D eigenvalue weighted by atomic mass is 79.9. The van der Waals surface area contributed by atoms with Crippen molar-refractivity contribution < 1.29 is 19.0 Å². The average Bonchev–Trinajstić information content (AvgIpc) is 2.70. The maximum absolute atomic E-state index is 12.1. The molecule has 0 fully saturated rings. The molecule has 174 valence electrons. The molecule has 1 amide bonds. The van der Waals surface area contributed by atoms with Crippen LogP contribution in [0.3, 0.4) is 0 Å². The average molecular weight is 505 g/mol. The van der Waals surface area contributed by atoms with Crippen molar-refractivity contribution in [2.24, 2.45) is 10.5 Å². The highest BCUT2D eigenvalue weighted by Crippen LogP contribution is 2.37. The van der Waals surface area contributed by atoms with Gasteiger partial charge in [-0.3, -0.25) is 4.79 Å². The third kappa shape index (κ3) is 7.55. The van der Waals surface area contributed by atoms with Gasteiger partial charge >= 0.3 is 0 Å². The lowest BCUT2D eigenvalue weighted by Crippen LogP contribution is -2.25. The fourth-order valence-electron chi connectivity index (χ4n) is 3.80. The first-order chi connectivity index (χ1) is 14.9. The molecule has 0 heterocycles. The molecule has 32 heavy (non-hydrogen) atoms. The van der Waals surface area contributed by atoms with Crippen molar-refractivity contribution in [2.45, 2.75) is 46.5 Å². The Morgan fingerprint density at radius 3 is 2.28 bits per heavy atom. The number of hydrogen-bond acceptors (Lipinski definition) is 5. The number of carbonyl (C=O) groups excluding carboxylic acids is 1. The molecule has 0 aliphatic rings. The Morgan fingerprint density at radius 2 is 1.72 bits per heavy atom. The monoisotopic (exact) mass is 504 g/mol. The number of nitrogens with one attached hydrogen (secondary N) is 1. The molecule has 0 saturated heterocycles. The molecule has 0 radical (unpaired) electrons. The maximum Gasteiger partial charge on any atom is 0.277 e.